The van der Waals surface area contributed by atoms with Crippen LogP contribution in [0.15, 0.2) is 23.1 Å². The molecule has 0 aliphatic heterocycles. The maximum absolute atomic E-state index is 12.7. The van der Waals surface area contributed by atoms with Gasteiger partial charge in [0.1, 0.15) is 0 Å². The van der Waals surface area contributed by atoms with E-state index in [2.05, 4.69) is 13.8 Å². The van der Waals surface area contributed by atoms with Crippen LogP contribution in [0.25, 0.3) is 0 Å². The maximum Gasteiger partial charge on any atom is 0.0622 e. The van der Waals surface area contributed by atoms with E-state index in [9.17, 15) is 4.21 Å². The Bertz CT molecular complexity index is 448. The Labute approximate surface area is 112 Å². The predicted octanol–water partition coefficient (Wildman–Crippen LogP) is 3.51. The van der Waals surface area contributed by atoms with E-state index >= 15 is 0 Å². The van der Waals surface area contributed by atoms with Crippen LogP contribution >= 0.6 is 0 Å². The Balaban J connectivity index is 2.22. The molecule has 0 bridgehead atoms. The van der Waals surface area contributed by atoms with Crippen LogP contribution in [0.3, 0.4) is 0 Å². The van der Waals surface area contributed by atoms with Gasteiger partial charge in [0.2, 0.25) is 0 Å². The van der Waals surface area contributed by atoms with Gasteiger partial charge in [-0.1, -0.05) is 19.9 Å². The Hall–Kier alpha value is -0.830. The molecule has 0 amide bonds. The number of nitrogen functional groups attached to an aromatic ring is 1. The highest BCUT2D eigenvalue weighted by atomic mass is 32.2. The average Bonchev–Trinajstić information content (AvgIpc) is 2.30. The highest BCUT2D eigenvalue weighted by molar-refractivity contribution is 7.85. The van der Waals surface area contributed by atoms with Gasteiger partial charge in [0, 0.05) is 10.9 Å². The SMILES string of the molecule is Cc1ccc(N)c(S(=O)C2CC(C)CC(C)C2)c1. The Morgan fingerprint density at radius 2 is 1.78 bits per heavy atom. The molecule has 1 aromatic carbocycles. The van der Waals surface area contributed by atoms with Crippen LogP contribution in [0.5, 0.6) is 0 Å². The van der Waals surface area contributed by atoms with Gasteiger partial charge < -0.3 is 5.73 Å². The second kappa shape index (κ2) is 5.43. The van der Waals surface area contributed by atoms with E-state index in [0.29, 0.717) is 17.5 Å². The molecule has 0 saturated heterocycles. The number of anilines is 1. The topological polar surface area (TPSA) is 43.1 Å². The molecule has 3 atom stereocenters. The third-order valence-electron chi connectivity index (χ3n) is 3.82. The van der Waals surface area contributed by atoms with E-state index in [-0.39, 0.29) is 5.25 Å². The van der Waals surface area contributed by atoms with Crippen LogP contribution in [0, 0.1) is 18.8 Å². The number of aryl methyl sites for hydroxylation is 1. The van der Waals surface area contributed by atoms with Crippen LogP contribution in [0.4, 0.5) is 5.69 Å². The largest absolute Gasteiger partial charge is 0.398 e. The molecule has 0 heterocycles. The molecule has 1 aliphatic rings. The van der Waals surface area contributed by atoms with Crippen molar-refractivity contribution < 1.29 is 4.21 Å². The van der Waals surface area contributed by atoms with Gasteiger partial charge in [0.05, 0.1) is 15.7 Å². The summed E-state index contributed by atoms with van der Waals surface area (Å²) < 4.78 is 12.7. The highest BCUT2D eigenvalue weighted by Gasteiger charge is 2.29. The monoisotopic (exact) mass is 265 g/mol. The van der Waals surface area contributed by atoms with Crippen LogP contribution in [0.2, 0.25) is 0 Å². The summed E-state index contributed by atoms with van der Waals surface area (Å²) in [6.45, 7) is 6.55. The molecule has 2 N–H and O–H groups in total. The Morgan fingerprint density at radius 3 is 2.39 bits per heavy atom. The van der Waals surface area contributed by atoms with Crippen molar-refractivity contribution in [2.24, 2.45) is 11.8 Å². The highest BCUT2D eigenvalue weighted by Crippen LogP contribution is 2.34. The van der Waals surface area contributed by atoms with E-state index in [4.69, 9.17) is 5.73 Å². The number of hydrogen-bond acceptors (Lipinski definition) is 2. The van der Waals surface area contributed by atoms with Gasteiger partial charge in [-0.15, -0.1) is 0 Å². The molecular formula is C15H23NOS. The molecule has 3 unspecified atom stereocenters. The fourth-order valence-electron chi connectivity index (χ4n) is 3.04. The van der Waals surface area contributed by atoms with Crippen molar-refractivity contribution in [1.82, 2.24) is 0 Å². The maximum atomic E-state index is 12.7. The molecular weight excluding hydrogens is 242 g/mol. The molecule has 3 heteroatoms. The molecule has 1 fully saturated rings. The number of rotatable bonds is 2. The van der Waals surface area contributed by atoms with Crippen molar-refractivity contribution in [2.75, 3.05) is 5.73 Å². The number of hydrogen-bond donors (Lipinski definition) is 1. The zero-order chi connectivity index (χ0) is 13.3. The zero-order valence-electron chi connectivity index (χ0n) is 11.5. The summed E-state index contributed by atoms with van der Waals surface area (Å²) in [4.78, 5) is 0.835. The van der Waals surface area contributed by atoms with Gasteiger partial charge in [-0.05, 0) is 55.7 Å². The molecule has 18 heavy (non-hydrogen) atoms. The lowest BCUT2D eigenvalue weighted by Crippen LogP contribution is -2.28. The first-order valence-electron chi connectivity index (χ1n) is 6.74. The van der Waals surface area contributed by atoms with E-state index in [0.717, 1.165) is 23.3 Å². The molecule has 1 aromatic rings. The molecule has 2 nitrogen and oxygen atoms in total. The van der Waals surface area contributed by atoms with E-state index in [1.165, 1.54) is 6.42 Å². The van der Waals surface area contributed by atoms with Crippen LogP contribution in [-0.4, -0.2) is 9.46 Å². The molecule has 2 rings (SSSR count). The van der Waals surface area contributed by atoms with Crippen LogP contribution in [0.1, 0.15) is 38.7 Å². The van der Waals surface area contributed by atoms with Gasteiger partial charge in [-0.2, -0.15) is 0 Å². The van der Waals surface area contributed by atoms with E-state index < -0.39 is 10.8 Å². The standard InChI is InChI=1S/C15H23NOS/c1-10-4-5-14(16)15(9-10)18(17)13-7-11(2)6-12(3)8-13/h4-5,9,11-13H,6-8,16H2,1-3H3. The molecule has 100 valence electrons. The summed E-state index contributed by atoms with van der Waals surface area (Å²) in [5.41, 5.74) is 7.77. The molecule has 1 saturated carbocycles. The summed E-state index contributed by atoms with van der Waals surface area (Å²) in [5, 5.41) is 0.271. The summed E-state index contributed by atoms with van der Waals surface area (Å²) in [5.74, 6) is 1.35. The Kier molecular flexibility index (Phi) is 4.10. The lowest BCUT2D eigenvalue weighted by Gasteiger charge is -2.31. The van der Waals surface area contributed by atoms with Crippen molar-refractivity contribution in [3.8, 4) is 0 Å². The number of nitrogens with two attached hydrogens (primary N) is 1. The van der Waals surface area contributed by atoms with Gasteiger partial charge >= 0.3 is 0 Å². The van der Waals surface area contributed by atoms with Gasteiger partial charge in [0.15, 0.2) is 0 Å². The van der Waals surface area contributed by atoms with Crippen LogP contribution in [-0.2, 0) is 10.8 Å². The summed E-state index contributed by atoms with van der Waals surface area (Å²) in [6, 6.07) is 5.83. The van der Waals surface area contributed by atoms with Crippen molar-refractivity contribution in [3.63, 3.8) is 0 Å². The zero-order valence-corrected chi connectivity index (χ0v) is 12.3. The lowest BCUT2D eigenvalue weighted by molar-refractivity contribution is 0.305. The molecule has 0 aromatic heterocycles. The smallest absolute Gasteiger partial charge is 0.0622 e. The first-order valence-corrected chi connectivity index (χ1v) is 7.95. The minimum absolute atomic E-state index is 0.271. The second-order valence-corrected chi connectivity index (χ2v) is 7.58. The summed E-state index contributed by atoms with van der Waals surface area (Å²) in [6.07, 6.45) is 3.38. The molecule has 0 spiro atoms. The van der Waals surface area contributed by atoms with Gasteiger partial charge in [0.25, 0.3) is 0 Å². The summed E-state index contributed by atoms with van der Waals surface area (Å²) >= 11 is 0. The fraction of sp³-hybridized carbons (Fsp3) is 0.600. The molecule has 1 aliphatic carbocycles. The minimum Gasteiger partial charge on any atom is -0.398 e. The van der Waals surface area contributed by atoms with Crippen molar-refractivity contribution in [1.29, 1.82) is 0 Å². The van der Waals surface area contributed by atoms with Crippen molar-refractivity contribution >= 4 is 16.5 Å². The Morgan fingerprint density at radius 1 is 1.17 bits per heavy atom. The first-order chi connectivity index (χ1) is 8.47. The average molecular weight is 265 g/mol. The van der Waals surface area contributed by atoms with Gasteiger partial charge in [-0.25, -0.2) is 0 Å². The third-order valence-corrected chi connectivity index (χ3v) is 5.60. The molecule has 0 radical (unpaired) electrons. The normalized spacial score (nSPS) is 30.1. The van der Waals surface area contributed by atoms with Crippen LogP contribution < -0.4 is 5.73 Å². The van der Waals surface area contributed by atoms with E-state index in [1.807, 2.05) is 25.1 Å². The number of benzene rings is 1. The quantitative estimate of drug-likeness (QED) is 0.832. The van der Waals surface area contributed by atoms with Crippen molar-refractivity contribution in [2.45, 2.75) is 50.2 Å². The van der Waals surface area contributed by atoms with Gasteiger partial charge in [-0.3, -0.25) is 4.21 Å². The fourth-order valence-corrected chi connectivity index (χ4v) is 5.01. The third kappa shape index (κ3) is 2.94. The predicted molar refractivity (Wildman–Crippen MR) is 78.0 cm³/mol. The lowest BCUT2D eigenvalue weighted by atomic mass is 9.83. The van der Waals surface area contributed by atoms with E-state index in [1.54, 1.807) is 0 Å². The second-order valence-electron chi connectivity index (χ2n) is 5.88. The minimum atomic E-state index is -0.958. The summed E-state index contributed by atoms with van der Waals surface area (Å²) in [7, 11) is -0.958. The first kappa shape index (κ1) is 13.6. The van der Waals surface area contributed by atoms with Crippen molar-refractivity contribution in [3.05, 3.63) is 23.8 Å².